The Bertz CT molecular complexity index is 1830. The second-order valence-corrected chi connectivity index (χ2v) is 10.1. The molecule has 1 aliphatic rings. The van der Waals surface area contributed by atoms with Crippen LogP contribution in [-0.2, 0) is 22.6 Å². The maximum atomic E-state index is 14.0. The van der Waals surface area contributed by atoms with Crippen molar-refractivity contribution in [2.75, 3.05) is 23.9 Å². The van der Waals surface area contributed by atoms with Crippen molar-refractivity contribution in [3.8, 4) is 5.75 Å². The van der Waals surface area contributed by atoms with E-state index in [-0.39, 0.29) is 43.0 Å². The van der Waals surface area contributed by atoms with E-state index in [2.05, 4.69) is 30.9 Å². The van der Waals surface area contributed by atoms with E-state index in [1.165, 1.54) is 22.0 Å². The smallest absolute Gasteiger partial charge is 0.291 e. The first-order valence-corrected chi connectivity index (χ1v) is 13.5. The summed E-state index contributed by atoms with van der Waals surface area (Å²) in [6.07, 6.45) is 3.71. The number of H-pyrrole nitrogens is 1. The van der Waals surface area contributed by atoms with Gasteiger partial charge in [0.1, 0.15) is 30.5 Å². The van der Waals surface area contributed by atoms with Gasteiger partial charge in [-0.2, -0.15) is 5.10 Å². The number of carbonyl (C=O) groups is 3. The number of hydrogen-bond acceptors (Lipinski definition) is 7. The topological polar surface area (TPSA) is 147 Å². The summed E-state index contributed by atoms with van der Waals surface area (Å²) in [5.41, 5.74) is 3.27. The summed E-state index contributed by atoms with van der Waals surface area (Å²) in [6, 6.07) is 16.2. The molecule has 0 saturated carbocycles. The lowest BCUT2D eigenvalue weighted by Crippen LogP contribution is -2.49. The lowest BCUT2D eigenvalue weighted by atomic mass is 10.1. The molecule has 43 heavy (non-hydrogen) atoms. The highest BCUT2D eigenvalue weighted by Gasteiger charge is 2.31. The van der Waals surface area contributed by atoms with Crippen molar-refractivity contribution in [2.45, 2.75) is 25.4 Å². The Kier molecular flexibility index (Phi) is 7.52. The van der Waals surface area contributed by atoms with Crippen molar-refractivity contribution in [1.82, 2.24) is 30.3 Å². The highest BCUT2D eigenvalue weighted by Crippen LogP contribution is 2.32. The van der Waals surface area contributed by atoms with Crippen LogP contribution in [0.4, 0.5) is 15.8 Å². The molecule has 1 aliphatic heterocycles. The number of amides is 3. The normalized spacial score (nSPS) is 14.6. The Hall–Kier alpha value is -5.59. The van der Waals surface area contributed by atoms with Crippen LogP contribution in [0.15, 0.2) is 73.2 Å². The molecule has 13 heteroatoms. The maximum absolute atomic E-state index is 14.0. The molecular weight excluding hydrogens is 555 g/mol. The Morgan fingerprint density at radius 3 is 2.86 bits per heavy atom. The van der Waals surface area contributed by atoms with Crippen LogP contribution < -0.4 is 20.3 Å². The Labute approximate surface area is 244 Å². The number of aromatic nitrogens is 5. The van der Waals surface area contributed by atoms with Gasteiger partial charge in [-0.1, -0.05) is 24.3 Å². The average Bonchev–Trinajstić information content (AvgIpc) is 3.66. The first-order chi connectivity index (χ1) is 20.8. The van der Waals surface area contributed by atoms with Crippen molar-refractivity contribution in [3.05, 3.63) is 96.0 Å². The van der Waals surface area contributed by atoms with Gasteiger partial charge in [-0.15, -0.1) is 5.10 Å². The molecule has 0 unspecified atom stereocenters. The predicted octanol–water partition coefficient (Wildman–Crippen LogP) is 3.07. The van der Waals surface area contributed by atoms with E-state index in [4.69, 9.17) is 4.74 Å². The van der Waals surface area contributed by atoms with E-state index < -0.39 is 11.9 Å². The fraction of sp³-hybridized carbons (Fsp3) is 0.200. The van der Waals surface area contributed by atoms with Crippen LogP contribution in [0.3, 0.4) is 0 Å². The van der Waals surface area contributed by atoms with Crippen LogP contribution in [0.1, 0.15) is 28.2 Å². The standard InChI is InChI=1S/C30H27FN8O4/c1-38-25-12-18(7-11-27(40)34-21-9-8-19-14-33-36-23(19)13-21)6-10-26(25)43-16-24(30(38)42)35-29(41)28-32-17-39(37-28)15-20-4-2-3-5-22(20)31/h2-6,8-10,12-14,17,24H,7,11,15-16H2,1H3,(H,33,36)(H,34,40)(H,35,41)/t24-/m1/s1. The number of hydrogen-bond donors (Lipinski definition) is 3. The summed E-state index contributed by atoms with van der Waals surface area (Å²) in [5, 5.41) is 17.5. The van der Waals surface area contributed by atoms with Gasteiger partial charge in [0.25, 0.3) is 11.8 Å². The van der Waals surface area contributed by atoms with Crippen molar-refractivity contribution in [2.24, 2.45) is 0 Å². The predicted molar refractivity (Wildman–Crippen MR) is 155 cm³/mol. The van der Waals surface area contributed by atoms with Crippen LogP contribution in [0, 0.1) is 5.82 Å². The molecule has 0 bridgehead atoms. The first kappa shape index (κ1) is 27.6. The number of aryl methyl sites for hydroxylation is 1. The van der Waals surface area contributed by atoms with Gasteiger partial charge in [-0.05, 0) is 48.4 Å². The van der Waals surface area contributed by atoms with E-state index in [0.29, 0.717) is 29.1 Å². The summed E-state index contributed by atoms with van der Waals surface area (Å²) >= 11 is 0. The van der Waals surface area contributed by atoms with Crippen LogP contribution >= 0.6 is 0 Å². The molecule has 0 spiro atoms. The molecule has 3 N–H and O–H groups in total. The molecule has 12 nitrogen and oxygen atoms in total. The fourth-order valence-corrected chi connectivity index (χ4v) is 4.80. The second-order valence-electron chi connectivity index (χ2n) is 10.1. The van der Waals surface area contributed by atoms with E-state index in [9.17, 15) is 18.8 Å². The summed E-state index contributed by atoms with van der Waals surface area (Å²) in [5.74, 6) is -1.27. The number of ether oxygens (including phenoxy) is 1. The molecule has 3 aromatic carbocycles. The average molecular weight is 583 g/mol. The molecule has 3 heterocycles. The maximum Gasteiger partial charge on any atom is 0.291 e. The van der Waals surface area contributed by atoms with Crippen molar-refractivity contribution < 1.29 is 23.5 Å². The number of halogens is 1. The Morgan fingerprint density at radius 2 is 2.00 bits per heavy atom. The third kappa shape index (κ3) is 6.05. The monoisotopic (exact) mass is 582 g/mol. The van der Waals surface area contributed by atoms with E-state index >= 15 is 0 Å². The minimum atomic E-state index is -0.996. The van der Waals surface area contributed by atoms with Crippen LogP contribution in [0.2, 0.25) is 0 Å². The van der Waals surface area contributed by atoms with Gasteiger partial charge < -0.3 is 20.3 Å². The highest BCUT2D eigenvalue weighted by atomic mass is 19.1. The molecule has 0 fully saturated rings. The minimum absolute atomic E-state index is 0.0969. The summed E-state index contributed by atoms with van der Waals surface area (Å²) < 4.78 is 21.2. The molecule has 5 aromatic rings. The summed E-state index contributed by atoms with van der Waals surface area (Å²) in [4.78, 5) is 44.2. The Morgan fingerprint density at radius 1 is 1.14 bits per heavy atom. The first-order valence-electron chi connectivity index (χ1n) is 13.5. The molecule has 0 aliphatic carbocycles. The van der Waals surface area contributed by atoms with E-state index in [1.807, 2.05) is 24.3 Å². The quantitative estimate of drug-likeness (QED) is 0.255. The fourth-order valence-electron chi connectivity index (χ4n) is 4.80. The third-order valence-corrected chi connectivity index (χ3v) is 7.12. The van der Waals surface area contributed by atoms with Gasteiger partial charge in [-0.3, -0.25) is 19.5 Å². The molecule has 0 radical (unpaired) electrons. The van der Waals surface area contributed by atoms with Gasteiger partial charge in [0.2, 0.25) is 11.7 Å². The number of nitrogens with one attached hydrogen (secondary N) is 3. The zero-order valence-corrected chi connectivity index (χ0v) is 23.1. The molecule has 6 rings (SSSR count). The van der Waals surface area contributed by atoms with Gasteiger partial charge >= 0.3 is 0 Å². The highest BCUT2D eigenvalue weighted by molar-refractivity contribution is 6.02. The van der Waals surface area contributed by atoms with Crippen molar-refractivity contribution in [1.29, 1.82) is 0 Å². The minimum Gasteiger partial charge on any atom is -0.489 e. The van der Waals surface area contributed by atoms with Crippen LogP contribution in [-0.4, -0.2) is 62.4 Å². The van der Waals surface area contributed by atoms with Crippen LogP contribution in [0.25, 0.3) is 10.9 Å². The number of benzene rings is 3. The molecule has 3 amide bonds. The van der Waals surface area contributed by atoms with Gasteiger partial charge in [0.05, 0.1) is 23.9 Å². The van der Waals surface area contributed by atoms with Crippen molar-refractivity contribution in [3.63, 3.8) is 0 Å². The second kappa shape index (κ2) is 11.7. The number of fused-ring (bicyclic) bond motifs is 2. The SMILES string of the molecule is CN1C(=O)[C@H](NC(=O)c2ncn(Cc3ccccc3F)n2)COc2ccc(CCC(=O)Nc3ccc4cn[nH]c4c3)cc21. The lowest BCUT2D eigenvalue weighted by Gasteiger charge is -2.20. The van der Waals surface area contributed by atoms with Crippen molar-refractivity contribution >= 4 is 40.0 Å². The number of rotatable bonds is 8. The molecule has 218 valence electrons. The third-order valence-electron chi connectivity index (χ3n) is 7.12. The van der Waals surface area contributed by atoms with Crippen LogP contribution in [0.5, 0.6) is 5.75 Å². The number of nitrogens with zero attached hydrogens (tertiary/aromatic N) is 5. The largest absolute Gasteiger partial charge is 0.489 e. The van der Waals surface area contributed by atoms with E-state index in [1.54, 1.807) is 43.6 Å². The molecule has 2 aromatic heterocycles. The summed E-state index contributed by atoms with van der Waals surface area (Å²) in [6.45, 7) is 0.00166. The molecule has 0 saturated heterocycles. The number of likely N-dealkylation sites (N-methyl/N-ethyl adjacent to an activating group) is 1. The number of aromatic amines is 1. The van der Waals surface area contributed by atoms with Gasteiger partial charge in [-0.25, -0.2) is 14.1 Å². The Balaban J connectivity index is 1.06. The lowest BCUT2D eigenvalue weighted by molar-refractivity contribution is -0.120. The zero-order chi connectivity index (χ0) is 29.9. The van der Waals surface area contributed by atoms with Gasteiger partial charge in [0.15, 0.2) is 0 Å². The van der Waals surface area contributed by atoms with Gasteiger partial charge in [0, 0.05) is 30.1 Å². The summed E-state index contributed by atoms with van der Waals surface area (Å²) in [7, 11) is 1.60. The molecular formula is C30H27FN8O4. The number of carbonyl (C=O) groups excluding carboxylic acids is 3. The molecule has 1 atom stereocenters. The zero-order valence-electron chi connectivity index (χ0n) is 23.1. The van der Waals surface area contributed by atoms with E-state index in [0.717, 1.165) is 16.5 Å². The number of anilines is 2.